The first-order chi connectivity index (χ1) is 11.6. The highest BCUT2D eigenvalue weighted by Crippen LogP contribution is 2.17. The number of rotatable bonds is 4. The quantitative estimate of drug-likeness (QED) is 0.925. The van der Waals surface area contributed by atoms with Crippen LogP contribution in [0.2, 0.25) is 5.02 Å². The standard InChI is InChI=1S/C18H20ClN3O2/c1-13(14-2-5-16(19)6-3-14)21-18(23)15-4-7-17(20-12-15)22-8-10-24-11-9-22/h2-7,12-13H,8-11H2,1H3,(H,21,23)/t13-/m1/s1. The van der Waals surface area contributed by atoms with Crippen molar-refractivity contribution in [1.29, 1.82) is 0 Å². The highest BCUT2D eigenvalue weighted by atomic mass is 35.5. The Hall–Kier alpha value is -2.11. The third kappa shape index (κ3) is 4.04. The van der Waals surface area contributed by atoms with Gasteiger partial charge in [0.1, 0.15) is 5.82 Å². The minimum Gasteiger partial charge on any atom is -0.378 e. The summed E-state index contributed by atoms with van der Waals surface area (Å²) in [6.45, 7) is 5.01. The number of pyridine rings is 1. The molecule has 0 unspecified atom stereocenters. The number of carbonyl (C=O) groups is 1. The zero-order chi connectivity index (χ0) is 16.9. The van der Waals surface area contributed by atoms with E-state index in [4.69, 9.17) is 16.3 Å². The average Bonchev–Trinajstić information content (AvgIpc) is 2.63. The molecule has 0 aliphatic carbocycles. The average molecular weight is 346 g/mol. The monoisotopic (exact) mass is 345 g/mol. The van der Waals surface area contributed by atoms with Gasteiger partial charge >= 0.3 is 0 Å². The van der Waals surface area contributed by atoms with Crippen LogP contribution >= 0.6 is 11.6 Å². The molecule has 1 saturated heterocycles. The van der Waals surface area contributed by atoms with Gasteiger partial charge in [-0.1, -0.05) is 23.7 Å². The van der Waals surface area contributed by atoms with Crippen molar-refractivity contribution in [3.63, 3.8) is 0 Å². The molecule has 0 bridgehead atoms. The lowest BCUT2D eigenvalue weighted by Crippen LogP contribution is -2.36. The summed E-state index contributed by atoms with van der Waals surface area (Å²) in [4.78, 5) is 18.9. The van der Waals surface area contributed by atoms with Crippen molar-refractivity contribution in [2.75, 3.05) is 31.2 Å². The third-order valence-electron chi connectivity index (χ3n) is 4.06. The number of ether oxygens (including phenoxy) is 1. The molecule has 0 saturated carbocycles. The molecular formula is C18H20ClN3O2. The van der Waals surface area contributed by atoms with E-state index in [2.05, 4.69) is 15.2 Å². The number of hydrogen-bond acceptors (Lipinski definition) is 4. The molecule has 2 aromatic rings. The van der Waals surface area contributed by atoms with E-state index in [1.807, 2.05) is 43.3 Å². The van der Waals surface area contributed by atoms with E-state index in [0.717, 1.165) is 24.5 Å². The number of hydrogen-bond donors (Lipinski definition) is 1. The molecule has 1 aliphatic rings. The predicted molar refractivity (Wildman–Crippen MR) is 94.6 cm³/mol. The van der Waals surface area contributed by atoms with E-state index >= 15 is 0 Å². The Morgan fingerprint density at radius 1 is 1.21 bits per heavy atom. The van der Waals surface area contributed by atoms with E-state index in [1.54, 1.807) is 6.20 Å². The Bertz CT molecular complexity index is 682. The summed E-state index contributed by atoms with van der Waals surface area (Å²) in [6.07, 6.45) is 1.62. The van der Waals surface area contributed by atoms with Crippen LogP contribution in [0.3, 0.4) is 0 Å². The van der Waals surface area contributed by atoms with Crippen LogP contribution in [0.5, 0.6) is 0 Å². The van der Waals surface area contributed by atoms with Gasteiger partial charge in [0.05, 0.1) is 24.8 Å². The fraction of sp³-hybridized carbons (Fsp3) is 0.333. The normalized spacial score (nSPS) is 15.8. The van der Waals surface area contributed by atoms with Gasteiger partial charge in [0.2, 0.25) is 0 Å². The molecule has 2 heterocycles. The smallest absolute Gasteiger partial charge is 0.253 e. The molecule has 1 aliphatic heterocycles. The van der Waals surface area contributed by atoms with Crippen LogP contribution in [0.4, 0.5) is 5.82 Å². The van der Waals surface area contributed by atoms with Gasteiger partial charge in [0.25, 0.3) is 5.91 Å². The van der Waals surface area contributed by atoms with Crippen molar-refractivity contribution in [3.05, 3.63) is 58.7 Å². The maximum atomic E-state index is 12.4. The van der Waals surface area contributed by atoms with Crippen LogP contribution < -0.4 is 10.2 Å². The molecule has 0 radical (unpaired) electrons. The topological polar surface area (TPSA) is 54.5 Å². The Morgan fingerprint density at radius 3 is 2.54 bits per heavy atom. The van der Waals surface area contributed by atoms with Crippen molar-refractivity contribution in [3.8, 4) is 0 Å². The Kier molecular flexibility index (Phi) is 5.33. The number of anilines is 1. The molecule has 1 amide bonds. The number of aromatic nitrogens is 1. The highest BCUT2D eigenvalue weighted by molar-refractivity contribution is 6.30. The van der Waals surface area contributed by atoms with E-state index in [1.165, 1.54) is 0 Å². The van der Waals surface area contributed by atoms with Gasteiger partial charge in [-0.15, -0.1) is 0 Å². The molecule has 5 nitrogen and oxygen atoms in total. The van der Waals surface area contributed by atoms with Crippen molar-refractivity contribution in [1.82, 2.24) is 10.3 Å². The fourth-order valence-corrected chi connectivity index (χ4v) is 2.74. The molecule has 3 rings (SSSR count). The van der Waals surface area contributed by atoms with Gasteiger partial charge in [-0.05, 0) is 36.8 Å². The van der Waals surface area contributed by atoms with Gasteiger partial charge in [-0.25, -0.2) is 4.98 Å². The number of morpholine rings is 1. The molecule has 1 aromatic carbocycles. The summed E-state index contributed by atoms with van der Waals surface area (Å²) in [7, 11) is 0. The first-order valence-electron chi connectivity index (χ1n) is 7.98. The van der Waals surface area contributed by atoms with Crippen LogP contribution in [-0.4, -0.2) is 37.2 Å². The Morgan fingerprint density at radius 2 is 1.92 bits per heavy atom. The minimum absolute atomic E-state index is 0.103. The van der Waals surface area contributed by atoms with Crippen LogP contribution in [0, 0.1) is 0 Å². The number of halogens is 1. The van der Waals surface area contributed by atoms with Crippen LogP contribution in [-0.2, 0) is 4.74 Å². The van der Waals surface area contributed by atoms with Crippen molar-refractivity contribution in [2.24, 2.45) is 0 Å². The molecule has 1 fully saturated rings. The van der Waals surface area contributed by atoms with Crippen LogP contribution in [0.25, 0.3) is 0 Å². The van der Waals surface area contributed by atoms with Gasteiger partial charge < -0.3 is 15.0 Å². The zero-order valence-electron chi connectivity index (χ0n) is 13.5. The van der Waals surface area contributed by atoms with Gasteiger partial charge in [0, 0.05) is 24.3 Å². The maximum absolute atomic E-state index is 12.4. The largest absolute Gasteiger partial charge is 0.378 e. The van der Waals surface area contributed by atoms with Crippen LogP contribution in [0.15, 0.2) is 42.6 Å². The van der Waals surface area contributed by atoms with Gasteiger partial charge in [-0.3, -0.25) is 4.79 Å². The number of nitrogens with one attached hydrogen (secondary N) is 1. The first-order valence-corrected chi connectivity index (χ1v) is 8.36. The summed E-state index contributed by atoms with van der Waals surface area (Å²) >= 11 is 5.89. The Labute approximate surface area is 146 Å². The number of nitrogens with zero attached hydrogens (tertiary/aromatic N) is 2. The van der Waals surface area contributed by atoms with Crippen molar-refractivity contribution < 1.29 is 9.53 Å². The summed E-state index contributed by atoms with van der Waals surface area (Å²) < 4.78 is 5.33. The molecule has 1 aromatic heterocycles. The van der Waals surface area contributed by atoms with Gasteiger partial charge in [-0.2, -0.15) is 0 Å². The summed E-state index contributed by atoms with van der Waals surface area (Å²) in [5.41, 5.74) is 1.55. The second-order valence-electron chi connectivity index (χ2n) is 5.75. The van der Waals surface area contributed by atoms with Crippen molar-refractivity contribution in [2.45, 2.75) is 13.0 Å². The summed E-state index contributed by atoms with van der Waals surface area (Å²) in [5, 5.41) is 3.66. The predicted octanol–water partition coefficient (Wildman–Crippen LogP) is 3.06. The summed E-state index contributed by atoms with van der Waals surface area (Å²) in [6, 6.07) is 11.0. The number of carbonyl (C=O) groups excluding carboxylic acids is 1. The van der Waals surface area contributed by atoms with Crippen LogP contribution in [0.1, 0.15) is 28.9 Å². The third-order valence-corrected chi connectivity index (χ3v) is 4.31. The lowest BCUT2D eigenvalue weighted by Gasteiger charge is -2.27. The molecule has 1 N–H and O–H groups in total. The lowest BCUT2D eigenvalue weighted by atomic mass is 10.1. The van der Waals surface area contributed by atoms with E-state index in [9.17, 15) is 4.79 Å². The molecule has 0 spiro atoms. The first kappa shape index (κ1) is 16.7. The zero-order valence-corrected chi connectivity index (χ0v) is 14.3. The minimum atomic E-state index is -0.140. The highest BCUT2D eigenvalue weighted by Gasteiger charge is 2.15. The second-order valence-corrected chi connectivity index (χ2v) is 6.19. The second kappa shape index (κ2) is 7.64. The molecule has 126 valence electrons. The maximum Gasteiger partial charge on any atom is 0.253 e. The SMILES string of the molecule is C[C@@H](NC(=O)c1ccc(N2CCOCC2)nc1)c1ccc(Cl)cc1. The van der Waals surface area contributed by atoms with Gasteiger partial charge in [0.15, 0.2) is 0 Å². The molecule has 6 heteroatoms. The number of amides is 1. The molecular weight excluding hydrogens is 326 g/mol. The van der Waals surface area contributed by atoms with E-state index < -0.39 is 0 Å². The molecule has 1 atom stereocenters. The fourth-order valence-electron chi connectivity index (χ4n) is 2.61. The molecule has 24 heavy (non-hydrogen) atoms. The lowest BCUT2D eigenvalue weighted by molar-refractivity contribution is 0.0939. The number of benzene rings is 1. The Balaban J connectivity index is 1.63. The van der Waals surface area contributed by atoms with E-state index in [0.29, 0.717) is 23.8 Å². The summed E-state index contributed by atoms with van der Waals surface area (Å²) in [5.74, 6) is 0.735. The van der Waals surface area contributed by atoms with E-state index in [-0.39, 0.29) is 11.9 Å². The van der Waals surface area contributed by atoms with Crippen molar-refractivity contribution >= 4 is 23.3 Å².